The number of nitrogens with two attached hydrogens (primary N) is 1. The Morgan fingerprint density at radius 1 is 1.00 bits per heavy atom. The van der Waals surface area contributed by atoms with Gasteiger partial charge in [-0.2, -0.15) is 5.10 Å². The molecule has 0 spiro atoms. The second kappa shape index (κ2) is 10.7. The van der Waals surface area contributed by atoms with Crippen molar-refractivity contribution in [3.05, 3.63) is 90.0 Å². The van der Waals surface area contributed by atoms with Crippen LogP contribution in [0.1, 0.15) is 25.0 Å². The lowest BCUT2D eigenvalue weighted by Gasteiger charge is -2.34. The summed E-state index contributed by atoms with van der Waals surface area (Å²) >= 11 is 0. The first-order chi connectivity index (χ1) is 16.2. The highest BCUT2D eigenvalue weighted by molar-refractivity contribution is 7.93. The van der Waals surface area contributed by atoms with E-state index in [4.69, 9.17) is 10.6 Å². The maximum atomic E-state index is 13.5. The number of anilines is 1. The Morgan fingerprint density at radius 2 is 1.68 bits per heavy atom. The molecule has 0 aliphatic carbocycles. The highest BCUT2D eigenvalue weighted by Crippen LogP contribution is 2.41. The van der Waals surface area contributed by atoms with Crippen LogP contribution >= 0.6 is 7.68 Å². The number of hydrazone groups is 1. The van der Waals surface area contributed by atoms with Gasteiger partial charge in [0.05, 0.1) is 23.4 Å². The Labute approximate surface area is 199 Å². The lowest BCUT2D eigenvalue weighted by Crippen LogP contribution is -2.44. The third kappa shape index (κ3) is 5.73. The SMILES string of the molecule is CC(C)(N(c1cccc(OCCc2ccc(C=NN)cc2)c1)S(=O)(=O)c1ccccc1)P(=O)=O. The predicted molar refractivity (Wildman–Crippen MR) is 132 cm³/mol. The van der Waals surface area contributed by atoms with Gasteiger partial charge in [0.15, 0.2) is 5.28 Å². The van der Waals surface area contributed by atoms with Crippen LogP contribution in [0.15, 0.2) is 88.9 Å². The molecule has 178 valence electrons. The number of ether oxygens (including phenoxy) is 1. The van der Waals surface area contributed by atoms with Crippen molar-refractivity contribution < 1.29 is 22.3 Å². The van der Waals surface area contributed by atoms with Crippen molar-refractivity contribution in [3.63, 3.8) is 0 Å². The average Bonchev–Trinajstić information content (AvgIpc) is 2.81. The van der Waals surface area contributed by atoms with E-state index in [1.165, 1.54) is 32.0 Å². The monoisotopic (exact) mass is 499 g/mol. The van der Waals surface area contributed by atoms with Gasteiger partial charge >= 0.3 is 7.68 Å². The molecule has 0 amide bonds. The standard InChI is InChI=1S/C24H26N3O5PS/c1-24(2,33(28)29)27(34(30,31)23-9-4-3-5-10-23)21-7-6-8-22(17-21)32-16-15-19-11-13-20(14-12-19)18-26-25/h3-14,17-18H,15-16,25H2,1-2H3. The first-order valence-electron chi connectivity index (χ1n) is 10.5. The van der Waals surface area contributed by atoms with E-state index in [0.29, 0.717) is 18.8 Å². The van der Waals surface area contributed by atoms with Gasteiger partial charge in [-0.05, 0) is 49.2 Å². The second-order valence-electron chi connectivity index (χ2n) is 7.95. The fourth-order valence-electron chi connectivity index (χ4n) is 3.36. The van der Waals surface area contributed by atoms with E-state index in [0.717, 1.165) is 15.4 Å². The molecule has 0 aliphatic heterocycles. The molecule has 3 rings (SSSR count). The van der Waals surface area contributed by atoms with E-state index in [1.807, 2.05) is 24.3 Å². The molecule has 3 aromatic rings. The van der Waals surface area contributed by atoms with Gasteiger partial charge in [0.1, 0.15) is 5.75 Å². The number of hydrogen-bond donors (Lipinski definition) is 1. The quantitative estimate of drug-likeness (QED) is 0.187. The number of sulfonamides is 1. The third-order valence-corrected chi connectivity index (χ3v) is 8.38. The lowest BCUT2D eigenvalue weighted by atomic mass is 10.1. The van der Waals surface area contributed by atoms with E-state index in [1.54, 1.807) is 42.6 Å². The van der Waals surface area contributed by atoms with Crippen LogP contribution < -0.4 is 14.9 Å². The Kier molecular flexibility index (Phi) is 7.91. The van der Waals surface area contributed by atoms with Gasteiger partial charge in [0, 0.05) is 12.5 Å². The van der Waals surface area contributed by atoms with Crippen LogP contribution in [0.3, 0.4) is 0 Å². The van der Waals surface area contributed by atoms with Gasteiger partial charge in [0.25, 0.3) is 10.0 Å². The Hall–Kier alpha value is -3.42. The molecule has 8 nitrogen and oxygen atoms in total. The normalized spacial score (nSPS) is 11.9. The molecule has 10 heteroatoms. The summed E-state index contributed by atoms with van der Waals surface area (Å²) in [7, 11) is -7.30. The topological polar surface area (TPSA) is 119 Å². The van der Waals surface area contributed by atoms with Crippen LogP contribution in [-0.2, 0) is 25.6 Å². The maximum absolute atomic E-state index is 13.5. The number of hydrogen-bond acceptors (Lipinski definition) is 7. The largest absolute Gasteiger partial charge is 0.493 e. The molecule has 0 saturated carbocycles. The third-order valence-electron chi connectivity index (χ3n) is 5.14. The minimum Gasteiger partial charge on any atom is -0.493 e. The molecule has 0 bridgehead atoms. The Balaban J connectivity index is 1.86. The van der Waals surface area contributed by atoms with Gasteiger partial charge < -0.3 is 10.6 Å². The molecule has 0 unspecified atom stereocenters. The second-order valence-corrected chi connectivity index (χ2v) is 11.3. The van der Waals surface area contributed by atoms with Crippen LogP contribution in [-0.4, -0.2) is 26.5 Å². The van der Waals surface area contributed by atoms with Crippen molar-refractivity contribution in [3.8, 4) is 5.75 Å². The molecule has 2 N–H and O–H groups in total. The fraction of sp³-hybridized carbons (Fsp3) is 0.208. The summed E-state index contributed by atoms with van der Waals surface area (Å²) in [6.45, 7) is 3.05. The van der Waals surface area contributed by atoms with Crippen LogP contribution in [0.25, 0.3) is 0 Å². The number of benzene rings is 3. The van der Waals surface area contributed by atoms with Crippen molar-refractivity contribution in [2.24, 2.45) is 10.9 Å². The van der Waals surface area contributed by atoms with E-state index in [2.05, 4.69) is 5.10 Å². The van der Waals surface area contributed by atoms with Gasteiger partial charge in [-0.3, -0.25) is 0 Å². The van der Waals surface area contributed by atoms with Crippen molar-refractivity contribution >= 4 is 29.6 Å². The van der Waals surface area contributed by atoms with E-state index >= 15 is 0 Å². The zero-order valence-electron chi connectivity index (χ0n) is 18.9. The first-order valence-corrected chi connectivity index (χ1v) is 13.1. The van der Waals surface area contributed by atoms with Gasteiger partial charge in [0.2, 0.25) is 0 Å². The summed E-state index contributed by atoms with van der Waals surface area (Å²) < 4.78 is 57.9. The fourth-order valence-corrected chi connectivity index (χ4v) is 5.84. The van der Waals surface area contributed by atoms with Gasteiger partial charge in [-0.1, -0.05) is 48.5 Å². The minimum atomic E-state index is -4.17. The lowest BCUT2D eigenvalue weighted by molar-refractivity contribution is 0.322. The smallest absolute Gasteiger partial charge is 0.342 e. The Bertz CT molecular complexity index is 1310. The summed E-state index contributed by atoms with van der Waals surface area (Å²) in [6.07, 6.45) is 2.17. The molecule has 0 aromatic heterocycles. The average molecular weight is 500 g/mol. The number of rotatable bonds is 10. The van der Waals surface area contributed by atoms with Crippen LogP contribution in [0, 0.1) is 0 Å². The predicted octanol–water partition coefficient (Wildman–Crippen LogP) is 4.71. The minimum absolute atomic E-state index is 0.00521. The van der Waals surface area contributed by atoms with E-state index < -0.39 is 23.0 Å². The molecular weight excluding hydrogens is 473 g/mol. The molecule has 0 heterocycles. The van der Waals surface area contributed by atoms with E-state index in [9.17, 15) is 17.5 Å². The van der Waals surface area contributed by atoms with Gasteiger partial charge in [-0.15, -0.1) is 0 Å². The molecule has 0 aliphatic rings. The Morgan fingerprint density at radius 3 is 2.29 bits per heavy atom. The van der Waals surface area contributed by atoms with Crippen molar-refractivity contribution in [2.75, 3.05) is 10.9 Å². The molecular formula is C24H26N3O5PS. The zero-order valence-corrected chi connectivity index (χ0v) is 20.6. The highest BCUT2D eigenvalue weighted by Gasteiger charge is 2.42. The summed E-state index contributed by atoms with van der Waals surface area (Å²) in [6, 6.07) is 21.8. The number of nitrogens with zero attached hydrogens (tertiary/aromatic N) is 2. The molecule has 0 saturated heterocycles. The highest BCUT2D eigenvalue weighted by atomic mass is 32.2. The van der Waals surface area contributed by atoms with Crippen molar-refractivity contribution in [1.29, 1.82) is 0 Å². The van der Waals surface area contributed by atoms with Crippen molar-refractivity contribution in [1.82, 2.24) is 0 Å². The summed E-state index contributed by atoms with van der Waals surface area (Å²) in [5, 5.41) is 1.78. The van der Waals surface area contributed by atoms with Crippen LogP contribution in [0.2, 0.25) is 0 Å². The van der Waals surface area contributed by atoms with E-state index in [-0.39, 0.29) is 10.6 Å². The maximum Gasteiger partial charge on any atom is 0.342 e. The summed E-state index contributed by atoms with van der Waals surface area (Å²) in [4.78, 5) is -0.00521. The molecule has 0 radical (unpaired) electrons. The van der Waals surface area contributed by atoms with Gasteiger partial charge in [-0.25, -0.2) is 21.9 Å². The van der Waals surface area contributed by atoms with Crippen LogP contribution in [0.5, 0.6) is 5.75 Å². The van der Waals surface area contributed by atoms with Crippen LogP contribution in [0.4, 0.5) is 5.69 Å². The molecule has 3 aromatic carbocycles. The summed E-state index contributed by atoms with van der Waals surface area (Å²) in [5.74, 6) is 5.58. The molecule has 0 atom stereocenters. The summed E-state index contributed by atoms with van der Waals surface area (Å²) in [5.41, 5.74) is 2.12. The molecule has 0 fully saturated rings. The zero-order chi connectivity index (χ0) is 24.8. The first kappa shape index (κ1) is 25.2. The van der Waals surface area contributed by atoms with Crippen molar-refractivity contribution in [2.45, 2.75) is 30.4 Å². The molecule has 34 heavy (non-hydrogen) atoms.